The van der Waals surface area contributed by atoms with E-state index in [0.717, 1.165) is 5.56 Å². The Balaban J connectivity index is 3.43. The average Bonchev–Trinajstić information content (AvgIpc) is 2.07. The molecule has 0 aromatic heterocycles. The molecule has 0 saturated carbocycles. The molecule has 0 spiro atoms. The van der Waals surface area contributed by atoms with E-state index < -0.39 is 4.92 Å². The van der Waals surface area contributed by atoms with E-state index >= 15 is 0 Å². The third-order valence-corrected chi connectivity index (χ3v) is 1.92. The summed E-state index contributed by atoms with van der Waals surface area (Å²) in [5.74, 6) is 0.352. The van der Waals surface area contributed by atoms with Gasteiger partial charge in [0.25, 0.3) is 0 Å². The van der Waals surface area contributed by atoms with Gasteiger partial charge in [0.15, 0.2) is 5.75 Å². The molecular formula is C9H11NO3. The number of ether oxygens (including phenoxy) is 1. The Bertz CT molecular complexity index is 347. The fourth-order valence-electron chi connectivity index (χ4n) is 1.26. The molecule has 1 rings (SSSR count). The van der Waals surface area contributed by atoms with Crippen molar-refractivity contribution in [1.82, 2.24) is 0 Å². The van der Waals surface area contributed by atoms with Crippen molar-refractivity contribution in [2.24, 2.45) is 0 Å². The Morgan fingerprint density at radius 3 is 2.23 bits per heavy atom. The first-order valence-electron chi connectivity index (χ1n) is 3.86. The second kappa shape index (κ2) is 3.43. The maximum Gasteiger partial charge on any atom is 0.314 e. The van der Waals surface area contributed by atoms with E-state index in [0.29, 0.717) is 11.3 Å². The number of nitro benzene ring substituents is 1. The Hall–Kier alpha value is -1.58. The first kappa shape index (κ1) is 9.51. The lowest BCUT2D eigenvalue weighted by atomic mass is 10.1. The summed E-state index contributed by atoms with van der Waals surface area (Å²) in [5, 5.41) is 10.7. The number of benzene rings is 1. The van der Waals surface area contributed by atoms with Crippen molar-refractivity contribution in [2.75, 3.05) is 7.11 Å². The van der Waals surface area contributed by atoms with E-state index in [-0.39, 0.29) is 5.69 Å². The van der Waals surface area contributed by atoms with Gasteiger partial charge in [-0.15, -0.1) is 0 Å². The Morgan fingerprint density at radius 1 is 1.31 bits per heavy atom. The van der Waals surface area contributed by atoms with Gasteiger partial charge in [-0.25, -0.2) is 0 Å². The molecule has 70 valence electrons. The monoisotopic (exact) mass is 181 g/mol. The number of nitrogens with zero attached hydrogens (tertiary/aromatic N) is 1. The van der Waals surface area contributed by atoms with Gasteiger partial charge in [0.1, 0.15) is 0 Å². The highest BCUT2D eigenvalue weighted by Crippen LogP contribution is 2.33. The van der Waals surface area contributed by atoms with Crippen LogP contribution >= 0.6 is 0 Å². The largest absolute Gasteiger partial charge is 0.490 e. The van der Waals surface area contributed by atoms with Crippen molar-refractivity contribution in [2.45, 2.75) is 13.8 Å². The molecular weight excluding hydrogens is 170 g/mol. The van der Waals surface area contributed by atoms with Gasteiger partial charge in [-0.1, -0.05) is 12.1 Å². The van der Waals surface area contributed by atoms with Gasteiger partial charge in [-0.05, 0) is 19.4 Å². The first-order valence-corrected chi connectivity index (χ1v) is 3.86. The quantitative estimate of drug-likeness (QED) is 0.519. The summed E-state index contributed by atoms with van der Waals surface area (Å²) in [6.45, 7) is 3.48. The molecule has 4 heteroatoms. The minimum Gasteiger partial charge on any atom is -0.490 e. The number of methoxy groups -OCH3 is 1. The van der Waals surface area contributed by atoms with Gasteiger partial charge in [0.2, 0.25) is 0 Å². The molecule has 0 radical (unpaired) electrons. The third-order valence-electron chi connectivity index (χ3n) is 1.92. The van der Waals surface area contributed by atoms with Crippen molar-refractivity contribution < 1.29 is 9.66 Å². The van der Waals surface area contributed by atoms with Crippen molar-refractivity contribution in [3.63, 3.8) is 0 Å². The molecule has 0 unspecified atom stereocenters. The second-order valence-electron chi connectivity index (χ2n) is 2.84. The highest BCUT2D eigenvalue weighted by molar-refractivity contribution is 5.56. The molecule has 0 aliphatic heterocycles. The fourth-order valence-corrected chi connectivity index (χ4v) is 1.26. The van der Waals surface area contributed by atoms with Gasteiger partial charge in [0.05, 0.1) is 12.0 Å². The molecule has 13 heavy (non-hydrogen) atoms. The summed E-state index contributed by atoms with van der Waals surface area (Å²) in [6.07, 6.45) is 0. The maximum absolute atomic E-state index is 10.7. The lowest BCUT2D eigenvalue weighted by Crippen LogP contribution is -1.98. The van der Waals surface area contributed by atoms with E-state index in [2.05, 4.69) is 0 Å². The summed E-state index contributed by atoms with van der Waals surface area (Å²) in [4.78, 5) is 10.3. The third kappa shape index (κ3) is 1.61. The molecule has 0 heterocycles. The predicted octanol–water partition coefficient (Wildman–Crippen LogP) is 2.22. The summed E-state index contributed by atoms with van der Waals surface area (Å²) in [7, 11) is 1.44. The lowest BCUT2D eigenvalue weighted by Gasteiger charge is -2.06. The summed E-state index contributed by atoms with van der Waals surface area (Å²) >= 11 is 0. The van der Waals surface area contributed by atoms with Gasteiger partial charge < -0.3 is 4.74 Å². The van der Waals surface area contributed by atoms with Crippen molar-refractivity contribution >= 4 is 5.69 Å². The normalized spacial score (nSPS) is 9.77. The van der Waals surface area contributed by atoms with Crippen LogP contribution in [0.15, 0.2) is 12.1 Å². The van der Waals surface area contributed by atoms with Crippen molar-refractivity contribution in [3.05, 3.63) is 33.4 Å². The van der Waals surface area contributed by atoms with E-state index in [1.165, 1.54) is 7.11 Å². The second-order valence-corrected chi connectivity index (χ2v) is 2.84. The summed E-state index contributed by atoms with van der Waals surface area (Å²) in [5.41, 5.74) is 1.45. The van der Waals surface area contributed by atoms with Crippen molar-refractivity contribution in [3.8, 4) is 5.75 Å². The molecule has 0 aliphatic carbocycles. The smallest absolute Gasteiger partial charge is 0.314 e. The summed E-state index contributed by atoms with van der Waals surface area (Å²) in [6, 6.07) is 3.52. The number of aryl methyl sites for hydroxylation is 2. The Labute approximate surface area is 76.3 Å². The zero-order valence-corrected chi connectivity index (χ0v) is 7.83. The number of nitro groups is 1. The fraction of sp³-hybridized carbons (Fsp3) is 0.333. The molecule has 0 amide bonds. The molecule has 0 bridgehead atoms. The van der Waals surface area contributed by atoms with Crippen LogP contribution in [0.1, 0.15) is 11.1 Å². The molecule has 0 N–H and O–H groups in total. The van der Waals surface area contributed by atoms with E-state index in [1.807, 2.05) is 0 Å². The van der Waals surface area contributed by atoms with E-state index in [4.69, 9.17) is 4.74 Å². The van der Waals surface area contributed by atoms with Crippen LogP contribution in [0.3, 0.4) is 0 Å². The SMILES string of the molecule is COc1c(C)ccc(C)c1[N+](=O)[O-]. The van der Waals surface area contributed by atoms with Crippen LogP contribution in [0.2, 0.25) is 0 Å². The minimum absolute atomic E-state index is 0.0579. The van der Waals surface area contributed by atoms with Crippen LogP contribution in [0, 0.1) is 24.0 Å². The average molecular weight is 181 g/mol. The van der Waals surface area contributed by atoms with Gasteiger partial charge in [-0.3, -0.25) is 10.1 Å². The highest BCUT2D eigenvalue weighted by atomic mass is 16.6. The summed E-state index contributed by atoms with van der Waals surface area (Å²) < 4.78 is 4.98. The van der Waals surface area contributed by atoms with Gasteiger partial charge >= 0.3 is 5.69 Å². The molecule has 0 atom stereocenters. The van der Waals surface area contributed by atoms with Gasteiger partial charge in [0, 0.05) is 5.56 Å². The van der Waals surface area contributed by atoms with Crippen LogP contribution in [-0.4, -0.2) is 12.0 Å². The Kier molecular flexibility index (Phi) is 2.51. The molecule has 1 aromatic carbocycles. The van der Waals surface area contributed by atoms with Crippen LogP contribution in [0.4, 0.5) is 5.69 Å². The number of hydrogen-bond acceptors (Lipinski definition) is 3. The highest BCUT2D eigenvalue weighted by Gasteiger charge is 2.19. The maximum atomic E-state index is 10.7. The lowest BCUT2D eigenvalue weighted by molar-refractivity contribution is -0.386. The van der Waals surface area contributed by atoms with E-state index in [9.17, 15) is 10.1 Å². The zero-order valence-electron chi connectivity index (χ0n) is 7.83. The zero-order chi connectivity index (χ0) is 10.0. The first-order chi connectivity index (χ1) is 6.07. The van der Waals surface area contributed by atoms with Crippen molar-refractivity contribution in [1.29, 1.82) is 0 Å². The molecule has 0 fully saturated rings. The number of rotatable bonds is 2. The number of hydrogen-bond donors (Lipinski definition) is 0. The standard InChI is InChI=1S/C9H11NO3/c1-6-4-5-7(2)9(13-3)8(6)10(11)12/h4-5H,1-3H3. The Morgan fingerprint density at radius 2 is 1.85 bits per heavy atom. The van der Waals surface area contributed by atoms with Crippen LogP contribution < -0.4 is 4.74 Å². The van der Waals surface area contributed by atoms with E-state index in [1.54, 1.807) is 26.0 Å². The molecule has 0 aliphatic rings. The predicted molar refractivity (Wildman–Crippen MR) is 49.1 cm³/mol. The molecule has 4 nitrogen and oxygen atoms in total. The minimum atomic E-state index is -0.416. The van der Waals surface area contributed by atoms with Crippen LogP contribution in [0.25, 0.3) is 0 Å². The molecule has 1 aromatic rings. The molecule has 0 saturated heterocycles. The van der Waals surface area contributed by atoms with Crippen LogP contribution in [0.5, 0.6) is 5.75 Å². The topological polar surface area (TPSA) is 52.4 Å². The van der Waals surface area contributed by atoms with Gasteiger partial charge in [-0.2, -0.15) is 0 Å². The van der Waals surface area contributed by atoms with Crippen LogP contribution in [-0.2, 0) is 0 Å².